The van der Waals surface area contributed by atoms with Crippen molar-refractivity contribution in [2.75, 3.05) is 7.11 Å². The predicted molar refractivity (Wildman–Crippen MR) is 66.5 cm³/mol. The summed E-state index contributed by atoms with van der Waals surface area (Å²) in [6.45, 7) is 1.95. The van der Waals surface area contributed by atoms with E-state index in [0.29, 0.717) is 17.1 Å². The van der Waals surface area contributed by atoms with Gasteiger partial charge in [-0.25, -0.2) is 4.79 Å². The molecule has 2 aromatic rings. The summed E-state index contributed by atoms with van der Waals surface area (Å²) in [7, 11) is 1.59. The Labute approximate surface area is 98.4 Å². The smallest absolute Gasteiger partial charge is 0.336 e. The Bertz CT molecular complexity index is 587. The third-order valence-electron chi connectivity index (χ3n) is 2.52. The Hall–Kier alpha value is -1.42. The van der Waals surface area contributed by atoms with Gasteiger partial charge in [0.2, 0.25) is 0 Å². The van der Waals surface area contributed by atoms with E-state index in [1.165, 1.54) is 6.07 Å². The van der Waals surface area contributed by atoms with Crippen molar-refractivity contribution in [2.24, 2.45) is 0 Å². The van der Waals surface area contributed by atoms with Gasteiger partial charge in [0.25, 0.3) is 0 Å². The van der Waals surface area contributed by atoms with E-state index in [2.05, 4.69) is 12.6 Å². The number of ether oxygens (including phenoxy) is 1. The summed E-state index contributed by atoms with van der Waals surface area (Å²) in [4.78, 5) is 11.3. The molecule has 0 N–H and O–H groups in total. The summed E-state index contributed by atoms with van der Waals surface area (Å²) >= 11 is 4.20. The van der Waals surface area contributed by atoms with E-state index in [-0.39, 0.29) is 5.63 Å². The molecule has 0 amide bonds. The monoisotopic (exact) mass is 236 g/mol. The maximum atomic E-state index is 11.3. The second kappa shape index (κ2) is 4.22. The van der Waals surface area contributed by atoms with E-state index in [9.17, 15) is 4.79 Å². The maximum absolute atomic E-state index is 11.3. The van der Waals surface area contributed by atoms with Crippen LogP contribution < -0.4 is 10.4 Å². The summed E-state index contributed by atoms with van der Waals surface area (Å²) in [6.07, 6.45) is 0. The first-order valence-corrected chi connectivity index (χ1v) is 5.51. The van der Waals surface area contributed by atoms with Crippen molar-refractivity contribution < 1.29 is 9.15 Å². The van der Waals surface area contributed by atoms with E-state index >= 15 is 0 Å². The highest BCUT2D eigenvalue weighted by atomic mass is 32.1. The van der Waals surface area contributed by atoms with Gasteiger partial charge >= 0.3 is 5.63 Å². The molecule has 0 bridgehead atoms. The highest BCUT2D eigenvalue weighted by Crippen LogP contribution is 2.27. The molecule has 0 aliphatic carbocycles. The van der Waals surface area contributed by atoms with Gasteiger partial charge in [0.05, 0.1) is 7.11 Å². The molecule has 1 heterocycles. The fourth-order valence-corrected chi connectivity index (χ4v) is 1.98. The minimum atomic E-state index is -0.359. The lowest BCUT2D eigenvalue weighted by Crippen LogP contribution is -2.00. The molecular formula is C12H12O3S. The number of rotatable bonds is 2. The number of fused-ring (bicyclic) bond motifs is 1. The van der Waals surface area contributed by atoms with Gasteiger partial charge < -0.3 is 9.15 Å². The second-order valence-electron chi connectivity index (χ2n) is 3.57. The van der Waals surface area contributed by atoms with Gasteiger partial charge in [0.1, 0.15) is 11.3 Å². The van der Waals surface area contributed by atoms with E-state index in [1.807, 2.05) is 13.0 Å². The highest BCUT2D eigenvalue weighted by molar-refractivity contribution is 7.79. The van der Waals surface area contributed by atoms with E-state index < -0.39 is 0 Å². The van der Waals surface area contributed by atoms with E-state index in [0.717, 1.165) is 16.5 Å². The third-order valence-corrected chi connectivity index (χ3v) is 2.86. The molecule has 0 saturated heterocycles. The minimum absolute atomic E-state index is 0.359. The number of benzene rings is 1. The first kappa shape index (κ1) is 11.1. The van der Waals surface area contributed by atoms with Gasteiger partial charge in [0, 0.05) is 23.3 Å². The predicted octanol–water partition coefficient (Wildman–Crippen LogP) is 2.54. The quantitative estimate of drug-likeness (QED) is 0.643. The van der Waals surface area contributed by atoms with Crippen molar-refractivity contribution in [3.63, 3.8) is 0 Å². The molecule has 84 valence electrons. The SMILES string of the molecule is COc1cc2oc(=O)cc(CS)c2cc1C. The number of hydrogen-bond donors (Lipinski definition) is 1. The molecule has 0 radical (unpaired) electrons. The molecule has 0 unspecified atom stereocenters. The van der Waals surface area contributed by atoms with Gasteiger partial charge in [-0.3, -0.25) is 0 Å². The van der Waals surface area contributed by atoms with Crippen molar-refractivity contribution in [3.05, 3.63) is 39.7 Å². The minimum Gasteiger partial charge on any atom is -0.496 e. The van der Waals surface area contributed by atoms with Crippen LogP contribution in [0.1, 0.15) is 11.1 Å². The van der Waals surface area contributed by atoms with Crippen LogP contribution in [-0.2, 0) is 5.75 Å². The lowest BCUT2D eigenvalue weighted by molar-refractivity contribution is 0.411. The van der Waals surface area contributed by atoms with E-state index in [1.54, 1.807) is 13.2 Å². The molecule has 1 aromatic heterocycles. The van der Waals surface area contributed by atoms with Gasteiger partial charge in [-0.15, -0.1) is 0 Å². The molecule has 3 nitrogen and oxygen atoms in total. The Morgan fingerprint density at radius 3 is 2.75 bits per heavy atom. The number of methoxy groups -OCH3 is 1. The highest BCUT2D eigenvalue weighted by Gasteiger charge is 2.08. The molecule has 4 heteroatoms. The molecule has 16 heavy (non-hydrogen) atoms. The molecule has 0 aliphatic rings. The Morgan fingerprint density at radius 1 is 1.38 bits per heavy atom. The molecule has 0 fully saturated rings. The summed E-state index contributed by atoms with van der Waals surface area (Å²) < 4.78 is 10.3. The standard InChI is InChI=1S/C12H12O3S/c1-7-3-9-8(6-16)4-12(13)15-11(9)5-10(7)14-2/h3-5,16H,6H2,1-2H3. The number of thiol groups is 1. The molecule has 0 saturated carbocycles. The van der Waals surface area contributed by atoms with Crippen molar-refractivity contribution in [2.45, 2.75) is 12.7 Å². The van der Waals surface area contributed by atoms with Crippen LogP contribution in [0.5, 0.6) is 5.75 Å². The molecule has 2 rings (SSSR count). The average Bonchev–Trinajstić information content (AvgIpc) is 2.28. The van der Waals surface area contributed by atoms with Crippen molar-refractivity contribution >= 4 is 23.6 Å². The molecule has 0 atom stereocenters. The molecule has 0 aliphatic heterocycles. The summed E-state index contributed by atoms with van der Waals surface area (Å²) in [5.74, 6) is 1.22. The molecule has 1 aromatic carbocycles. The average molecular weight is 236 g/mol. The Kier molecular flexibility index (Phi) is 2.92. The first-order chi connectivity index (χ1) is 7.65. The summed E-state index contributed by atoms with van der Waals surface area (Å²) in [6, 6.07) is 5.16. The fraction of sp³-hybridized carbons (Fsp3) is 0.250. The first-order valence-electron chi connectivity index (χ1n) is 4.88. The second-order valence-corrected chi connectivity index (χ2v) is 3.88. The third kappa shape index (κ3) is 1.80. The normalized spacial score (nSPS) is 10.7. The largest absolute Gasteiger partial charge is 0.496 e. The summed E-state index contributed by atoms with van der Waals surface area (Å²) in [5, 5.41) is 0.910. The maximum Gasteiger partial charge on any atom is 0.336 e. The van der Waals surface area contributed by atoms with Crippen molar-refractivity contribution in [1.82, 2.24) is 0 Å². The topological polar surface area (TPSA) is 39.4 Å². The zero-order chi connectivity index (χ0) is 11.7. The van der Waals surface area contributed by atoms with Crippen LogP contribution >= 0.6 is 12.6 Å². The zero-order valence-electron chi connectivity index (χ0n) is 9.11. The number of hydrogen-bond acceptors (Lipinski definition) is 4. The number of aryl methyl sites for hydroxylation is 1. The van der Waals surface area contributed by atoms with Gasteiger partial charge in [-0.1, -0.05) is 0 Å². The van der Waals surface area contributed by atoms with Crippen LogP contribution in [0.4, 0.5) is 0 Å². The fourth-order valence-electron chi connectivity index (χ4n) is 1.71. The molecule has 0 spiro atoms. The van der Waals surface area contributed by atoms with Crippen LogP contribution in [0.2, 0.25) is 0 Å². The van der Waals surface area contributed by atoms with E-state index in [4.69, 9.17) is 9.15 Å². The zero-order valence-corrected chi connectivity index (χ0v) is 10.0. The van der Waals surface area contributed by atoms with Crippen molar-refractivity contribution in [3.8, 4) is 5.75 Å². The van der Waals surface area contributed by atoms with Crippen LogP contribution in [0.3, 0.4) is 0 Å². The Morgan fingerprint density at radius 2 is 2.12 bits per heavy atom. The Balaban J connectivity index is 2.84. The van der Waals surface area contributed by atoms with Crippen LogP contribution in [0.25, 0.3) is 11.0 Å². The van der Waals surface area contributed by atoms with Crippen molar-refractivity contribution in [1.29, 1.82) is 0 Å². The van der Waals surface area contributed by atoms with Crippen LogP contribution in [0, 0.1) is 6.92 Å². The van der Waals surface area contributed by atoms with Crippen LogP contribution in [-0.4, -0.2) is 7.11 Å². The lowest BCUT2D eigenvalue weighted by Gasteiger charge is -2.07. The van der Waals surface area contributed by atoms with Gasteiger partial charge in [-0.05, 0) is 24.1 Å². The lowest BCUT2D eigenvalue weighted by atomic mass is 10.1. The van der Waals surface area contributed by atoms with Crippen LogP contribution in [0.15, 0.2) is 27.4 Å². The van der Waals surface area contributed by atoms with Gasteiger partial charge in [0.15, 0.2) is 0 Å². The summed E-state index contributed by atoms with van der Waals surface area (Å²) in [5.41, 5.74) is 2.06. The van der Waals surface area contributed by atoms with Gasteiger partial charge in [-0.2, -0.15) is 12.6 Å². The molecular weight excluding hydrogens is 224 g/mol.